The lowest BCUT2D eigenvalue weighted by Gasteiger charge is -2.34. The van der Waals surface area contributed by atoms with Crippen LogP contribution in [0.5, 0.6) is 0 Å². The van der Waals surface area contributed by atoms with Gasteiger partial charge in [0, 0.05) is 38.4 Å². The third-order valence-electron chi connectivity index (χ3n) is 6.28. The lowest BCUT2D eigenvalue weighted by atomic mass is 10.1. The van der Waals surface area contributed by atoms with Gasteiger partial charge in [0.25, 0.3) is 5.91 Å². The molecule has 1 aliphatic rings. The van der Waals surface area contributed by atoms with Crippen molar-refractivity contribution < 1.29 is 4.79 Å². The highest BCUT2D eigenvalue weighted by molar-refractivity contribution is 6.33. The van der Waals surface area contributed by atoms with E-state index in [0.717, 1.165) is 50.5 Å². The number of halogens is 1. The van der Waals surface area contributed by atoms with Gasteiger partial charge >= 0.3 is 0 Å². The molecule has 1 aliphatic heterocycles. The third-order valence-corrected chi connectivity index (χ3v) is 6.66. The molecule has 0 spiro atoms. The average Bonchev–Trinajstić information content (AvgIpc) is 3.10. The van der Waals surface area contributed by atoms with Crippen LogP contribution in [0, 0.1) is 13.8 Å². The first-order valence-corrected chi connectivity index (χ1v) is 11.9. The van der Waals surface area contributed by atoms with Crippen LogP contribution in [-0.4, -0.2) is 58.2 Å². The molecule has 0 unspecified atom stereocenters. The largest absolute Gasteiger partial charge is 0.322 e. The number of amides is 1. The first-order valence-electron chi connectivity index (χ1n) is 11.6. The Morgan fingerprint density at radius 1 is 0.909 bits per heavy atom. The molecule has 0 atom stereocenters. The SMILES string of the molecule is CCN1CCN(Cc2ccc(NC(=O)c3c(C)nn(Cc4ccc(C)cc4)c3Cl)cc2)CC1. The molecule has 0 bridgehead atoms. The van der Waals surface area contributed by atoms with E-state index in [2.05, 4.69) is 58.3 Å². The summed E-state index contributed by atoms with van der Waals surface area (Å²) >= 11 is 6.56. The first kappa shape index (κ1) is 23.5. The fourth-order valence-corrected chi connectivity index (χ4v) is 4.51. The number of likely N-dealkylation sites (N-methyl/N-ethyl adjacent to an activating group) is 1. The van der Waals surface area contributed by atoms with Crippen molar-refractivity contribution >= 4 is 23.2 Å². The van der Waals surface area contributed by atoms with Crippen molar-refractivity contribution in [3.8, 4) is 0 Å². The Morgan fingerprint density at radius 3 is 2.12 bits per heavy atom. The number of nitrogens with one attached hydrogen (secondary N) is 1. The fourth-order valence-electron chi connectivity index (χ4n) is 4.19. The lowest BCUT2D eigenvalue weighted by molar-refractivity contribution is 0.102. The maximum absolute atomic E-state index is 13.0. The number of carbonyl (C=O) groups is 1. The van der Waals surface area contributed by atoms with Crippen molar-refractivity contribution in [1.29, 1.82) is 0 Å². The van der Waals surface area contributed by atoms with E-state index in [1.807, 2.05) is 31.2 Å². The topological polar surface area (TPSA) is 53.4 Å². The molecule has 2 aromatic carbocycles. The maximum Gasteiger partial charge on any atom is 0.260 e. The summed E-state index contributed by atoms with van der Waals surface area (Å²) in [7, 11) is 0. The van der Waals surface area contributed by atoms with E-state index in [4.69, 9.17) is 11.6 Å². The highest BCUT2D eigenvalue weighted by atomic mass is 35.5. The molecule has 0 radical (unpaired) electrons. The molecule has 1 N–H and O–H groups in total. The monoisotopic (exact) mass is 465 g/mol. The Labute approximate surface area is 201 Å². The van der Waals surface area contributed by atoms with Gasteiger partial charge in [0.15, 0.2) is 0 Å². The van der Waals surface area contributed by atoms with Crippen LogP contribution >= 0.6 is 11.6 Å². The summed E-state index contributed by atoms with van der Waals surface area (Å²) in [5.74, 6) is -0.240. The zero-order valence-electron chi connectivity index (χ0n) is 19.6. The Morgan fingerprint density at radius 2 is 1.48 bits per heavy atom. The second kappa shape index (κ2) is 10.5. The van der Waals surface area contributed by atoms with Gasteiger partial charge in [-0.3, -0.25) is 9.69 Å². The van der Waals surface area contributed by atoms with E-state index < -0.39 is 0 Å². The van der Waals surface area contributed by atoms with Crippen molar-refractivity contribution in [3.05, 3.63) is 81.6 Å². The number of hydrogen-bond acceptors (Lipinski definition) is 4. The molecule has 1 amide bonds. The molecular weight excluding hydrogens is 434 g/mol. The lowest BCUT2D eigenvalue weighted by Crippen LogP contribution is -2.45. The summed E-state index contributed by atoms with van der Waals surface area (Å²) in [6, 6.07) is 16.3. The van der Waals surface area contributed by atoms with Crippen LogP contribution in [0.25, 0.3) is 0 Å². The van der Waals surface area contributed by atoms with Crippen molar-refractivity contribution in [3.63, 3.8) is 0 Å². The number of rotatable bonds is 7. The molecule has 0 aliphatic carbocycles. The predicted octanol–water partition coefficient (Wildman–Crippen LogP) is 4.59. The van der Waals surface area contributed by atoms with Gasteiger partial charge in [-0.1, -0.05) is 60.5 Å². The minimum atomic E-state index is -0.240. The highest BCUT2D eigenvalue weighted by Gasteiger charge is 2.21. The van der Waals surface area contributed by atoms with E-state index in [-0.39, 0.29) is 5.91 Å². The van der Waals surface area contributed by atoms with Crippen LogP contribution < -0.4 is 5.32 Å². The summed E-state index contributed by atoms with van der Waals surface area (Å²) in [5.41, 5.74) is 5.32. The molecular formula is C26H32ClN5O. The number of piperazine rings is 1. The van der Waals surface area contributed by atoms with Crippen LogP contribution in [0.1, 0.15) is 39.7 Å². The maximum atomic E-state index is 13.0. The van der Waals surface area contributed by atoms with Crippen LogP contribution in [0.2, 0.25) is 5.15 Å². The van der Waals surface area contributed by atoms with Crippen LogP contribution in [-0.2, 0) is 13.1 Å². The zero-order valence-corrected chi connectivity index (χ0v) is 20.4. The van der Waals surface area contributed by atoms with E-state index in [0.29, 0.717) is 23.0 Å². The fraction of sp³-hybridized carbons (Fsp3) is 0.385. The Hall–Kier alpha value is -2.67. The van der Waals surface area contributed by atoms with Crippen LogP contribution in [0.3, 0.4) is 0 Å². The van der Waals surface area contributed by atoms with Gasteiger partial charge in [0.1, 0.15) is 5.15 Å². The van der Waals surface area contributed by atoms with Gasteiger partial charge in [-0.2, -0.15) is 5.10 Å². The van der Waals surface area contributed by atoms with Crippen molar-refractivity contribution in [2.45, 2.75) is 33.9 Å². The quantitative estimate of drug-likeness (QED) is 0.554. The minimum absolute atomic E-state index is 0.240. The minimum Gasteiger partial charge on any atom is -0.322 e. The zero-order chi connectivity index (χ0) is 23.4. The summed E-state index contributed by atoms with van der Waals surface area (Å²) in [6.07, 6.45) is 0. The average molecular weight is 466 g/mol. The van der Waals surface area contributed by atoms with Gasteiger partial charge in [-0.15, -0.1) is 0 Å². The normalized spacial score (nSPS) is 15.0. The number of aryl methyl sites for hydroxylation is 2. The van der Waals surface area contributed by atoms with E-state index >= 15 is 0 Å². The smallest absolute Gasteiger partial charge is 0.260 e. The van der Waals surface area contributed by atoms with Crippen molar-refractivity contribution in [1.82, 2.24) is 19.6 Å². The number of benzene rings is 2. The molecule has 2 heterocycles. The third kappa shape index (κ3) is 5.82. The second-order valence-electron chi connectivity index (χ2n) is 8.76. The van der Waals surface area contributed by atoms with Gasteiger partial charge in [-0.05, 0) is 43.7 Å². The number of carbonyl (C=O) groups excluding carboxylic acids is 1. The molecule has 33 heavy (non-hydrogen) atoms. The summed E-state index contributed by atoms with van der Waals surface area (Å²) in [6.45, 7) is 13.1. The molecule has 6 nitrogen and oxygen atoms in total. The summed E-state index contributed by atoms with van der Waals surface area (Å²) in [4.78, 5) is 17.9. The van der Waals surface area contributed by atoms with Crippen molar-refractivity contribution in [2.75, 3.05) is 38.0 Å². The van der Waals surface area contributed by atoms with E-state index in [9.17, 15) is 4.79 Å². The van der Waals surface area contributed by atoms with Crippen LogP contribution in [0.15, 0.2) is 48.5 Å². The van der Waals surface area contributed by atoms with E-state index in [1.165, 1.54) is 11.1 Å². The molecule has 7 heteroatoms. The van der Waals surface area contributed by atoms with E-state index in [1.54, 1.807) is 4.68 Å². The molecule has 174 valence electrons. The highest BCUT2D eigenvalue weighted by Crippen LogP contribution is 2.23. The number of aromatic nitrogens is 2. The standard InChI is InChI=1S/C26H32ClN5O/c1-4-30-13-15-31(16-14-30)17-21-9-11-23(12-10-21)28-26(33)24-20(3)29-32(25(24)27)18-22-7-5-19(2)6-8-22/h5-12H,4,13-18H2,1-3H3,(H,28,33). The summed E-state index contributed by atoms with van der Waals surface area (Å²) in [5, 5.41) is 7.82. The first-order chi connectivity index (χ1) is 15.9. The molecule has 3 aromatic rings. The molecule has 0 saturated carbocycles. The second-order valence-corrected chi connectivity index (χ2v) is 9.11. The van der Waals surface area contributed by atoms with Crippen molar-refractivity contribution in [2.24, 2.45) is 0 Å². The Bertz CT molecular complexity index is 1080. The molecule has 4 rings (SSSR count). The number of nitrogens with zero attached hydrogens (tertiary/aromatic N) is 4. The predicted molar refractivity (Wildman–Crippen MR) is 134 cm³/mol. The Kier molecular flexibility index (Phi) is 7.48. The molecule has 1 aromatic heterocycles. The molecule has 1 fully saturated rings. The van der Waals surface area contributed by atoms with Gasteiger partial charge in [0.2, 0.25) is 0 Å². The summed E-state index contributed by atoms with van der Waals surface area (Å²) < 4.78 is 1.68. The van der Waals surface area contributed by atoms with Gasteiger partial charge < -0.3 is 10.2 Å². The Balaban J connectivity index is 1.38. The van der Waals surface area contributed by atoms with Gasteiger partial charge in [-0.25, -0.2) is 4.68 Å². The molecule has 1 saturated heterocycles. The van der Waals surface area contributed by atoms with Crippen LogP contribution in [0.4, 0.5) is 5.69 Å². The number of anilines is 1. The number of hydrogen-bond donors (Lipinski definition) is 1. The van der Waals surface area contributed by atoms with Gasteiger partial charge in [0.05, 0.1) is 17.8 Å².